The zero-order valence-corrected chi connectivity index (χ0v) is 9.32. The summed E-state index contributed by atoms with van der Waals surface area (Å²) in [7, 11) is 0. The van der Waals surface area contributed by atoms with Gasteiger partial charge in [-0.1, -0.05) is 22.9 Å². The number of carboxylic acids is 1. The zero-order chi connectivity index (χ0) is 10.6. The van der Waals surface area contributed by atoms with E-state index in [0.717, 1.165) is 4.47 Å². The molecule has 1 rings (SSSR count). The van der Waals surface area contributed by atoms with E-state index < -0.39 is 12.1 Å². The molecule has 0 saturated heterocycles. The number of benzene rings is 1. The maximum atomic E-state index is 10.7. The SMILES string of the molecule is CC[C@H](Oc1ccc(Br)cc1)C(=O)O. The predicted octanol–water partition coefficient (Wildman–Crippen LogP) is 2.69. The average molecular weight is 259 g/mol. The van der Waals surface area contributed by atoms with Crippen molar-refractivity contribution in [3.05, 3.63) is 28.7 Å². The Morgan fingerprint density at radius 1 is 1.50 bits per heavy atom. The van der Waals surface area contributed by atoms with Crippen LogP contribution < -0.4 is 4.74 Å². The molecule has 0 aromatic heterocycles. The second-order valence-electron chi connectivity index (χ2n) is 2.81. The summed E-state index contributed by atoms with van der Waals surface area (Å²) in [6.07, 6.45) is -0.318. The summed E-state index contributed by atoms with van der Waals surface area (Å²) in [5.74, 6) is -0.363. The van der Waals surface area contributed by atoms with Crippen LogP contribution in [0.15, 0.2) is 28.7 Å². The molecule has 0 radical (unpaired) electrons. The molecule has 0 spiro atoms. The minimum atomic E-state index is -0.935. The number of carbonyl (C=O) groups is 1. The molecule has 4 heteroatoms. The summed E-state index contributed by atoms with van der Waals surface area (Å²) in [6.45, 7) is 1.78. The van der Waals surface area contributed by atoms with E-state index in [1.54, 1.807) is 19.1 Å². The molecule has 0 aliphatic carbocycles. The smallest absolute Gasteiger partial charge is 0.344 e. The Labute approximate surface area is 90.8 Å². The van der Waals surface area contributed by atoms with Gasteiger partial charge in [-0.15, -0.1) is 0 Å². The first-order valence-corrected chi connectivity index (χ1v) is 5.07. The second kappa shape index (κ2) is 5.00. The van der Waals surface area contributed by atoms with Crippen molar-refractivity contribution in [3.63, 3.8) is 0 Å². The standard InChI is InChI=1S/C10H11BrO3/c1-2-9(10(12)13)14-8-5-3-7(11)4-6-8/h3-6,9H,2H2,1H3,(H,12,13)/t9-/m0/s1. The molecule has 3 nitrogen and oxygen atoms in total. The lowest BCUT2D eigenvalue weighted by Crippen LogP contribution is -2.25. The van der Waals surface area contributed by atoms with Crippen molar-refractivity contribution >= 4 is 21.9 Å². The van der Waals surface area contributed by atoms with Crippen molar-refractivity contribution in [3.8, 4) is 5.75 Å². The number of carboxylic acid groups (broad SMARTS) is 1. The van der Waals surface area contributed by atoms with Gasteiger partial charge in [0, 0.05) is 4.47 Å². The monoisotopic (exact) mass is 258 g/mol. The maximum absolute atomic E-state index is 10.7. The lowest BCUT2D eigenvalue weighted by atomic mass is 10.3. The van der Waals surface area contributed by atoms with Gasteiger partial charge in [0.25, 0.3) is 0 Å². The molecule has 0 aliphatic rings. The van der Waals surface area contributed by atoms with Gasteiger partial charge in [-0.25, -0.2) is 4.79 Å². The molecular weight excluding hydrogens is 248 g/mol. The van der Waals surface area contributed by atoms with Crippen LogP contribution in [0.4, 0.5) is 0 Å². The van der Waals surface area contributed by atoms with Crippen molar-refractivity contribution in [2.45, 2.75) is 19.4 Å². The van der Waals surface area contributed by atoms with Crippen molar-refractivity contribution in [2.75, 3.05) is 0 Å². The molecule has 1 aromatic rings. The molecular formula is C10H11BrO3. The van der Waals surface area contributed by atoms with E-state index in [4.69, 9.17) is 9.84 Å². The zero-order valence-electron chi connectivity index (χ0n) is 7.74. The van der Waals surface area contributed by atoms with E-state index in [1.165, 1.54) is 0 Å². The predicted molar refractivity (Wildman–Crippen MR) is 56.5 cm³/mol. The molecule has 0 unspecified atom stereocenters. The molecule has 0 amide bonds. The maximum Gasteiger partial charge on any atom is 0.344 e. The van der Waals surface area contributed by atoms with Crippen molar-refractivity contribution in [2.24, 2.45) is 0 Å². The van der Waals surface area contributed by atoms with Gasteiger partial charge in [-0.05, 0) is 30.7 Å². The van der Waals surface area contributed by atoms with Crippen LogP contribution in [0.5, 0.6) is 5.75 Å². The number of aliphatic carboxylic acids is 1. The van der Waals surface area contributed by atoms with Crippen LogP contribution in [0.3, 0.4) is 0 Å². The van der Waals surface area contributed by atoms with Gasteiger partial charge in [0.1, 0.15) is 5.75 Å². The van der Waals surface area contributed by atoms with Gasteiger partial charge in [0.15, 0.2) is 6.10 Å². The van der Waals surface area contributed by atoms with E-state index in [-0.39, 0.29) is 0 Å². The van der Waals surface area contributed by atoms with Crippen LogP contribution >= 0.6 is 15.9 Å². The van der Waals surface area contributed by atoms with Crippen LogP contribution in [-0.4, -0.2) is 17.2 Å². The van der Waals surface area contributed by atoms with Crippen LogP contribution in [-0.2, 0) is 4.79 Å². The number of hydrogen-bond acceptors (Lipinski definition) is 2. The molecule has 1 atom stereocenters. The van der Waals surface area contributed by atoms with Crippen molar-refractivity contribution in [1.29, 1.82) is 0 Å². The first-order chi connectivity index (χ1) is 6.63. The van der Waals surface area contributed by atoms with Gasteiger partial charge in [0.2, 0.25) is 0 Å². The number of rotatable bonds is 4. The Morgan fingerprint density at radius 3 is 2.50 bits per heavy atom. The molecule has 1 N–H and O–H groups in total. The van der Waals surface area contributed by atoms with Gasteiger partial charge < -0.3 is 9.84 Å². The summed E-state index contributed by atoms with van der Waals surface area (Å²) in [4.78, 5) is 10.7. The fraction of sp³-hybridized carbons (Fsp3) is 0.300. The van der Waals surface area contributed by atoms with E-state index in [0.29, 0.717) is 12.2 Å². The fourth-order valence-electron chi connectivity index (χ4n) is 0.986. The minimum absolute atomic E-state index is 0.450. The first kappa shape index (κ1) is 11.0. The second-order valence-corrected chi connectivity index (χ2v) is 3.72. The molecule has 0 fully saturated rings. The molecule has 14 heavy (non-hydrogen) atoms. The number of hydrogen-bond donors (Lipinski definition) is 1. The van der Waals surface area contributed by atoms with Gasteiger partial charge >= 0.3 is 5.97 Å². The minimum Gasteiger partial charge on any atom is -0.479 e. The largest absolute Gasteiger partial charge is 0.479 e. The Kier molecular flexibility index (Phi) is 3.95. The highest BCUT2D eigenvalue weighted by atomic mass is 79.9. The molecule has 76 valence electrons. The van der Waals surface area contributed by atoms with Crippen LogP contribution in [0.25, 0.3) is 0 Å². The Balaban J connectivity index is 2.67. The summed E-state index contributed by atoms with van der Waals surface area (Å²) in [5.41, 5.74) is 0. The van der Waals surface area contributed by atoms with E-state index >= 15 is 0 Å². The van der Waals surface area contributed by atoms with Crippen molar-refractivity contribution < 1.29 is 14.6 Å². The van der Waals surface area contributed by atoms with Crippen LogP contribution in [0.2, 0.25) is 0 Å². The van der Waals surface area contributed by atoms with Crippen LogP contribution in [0, 0.1) is 0 Å². The topological polar surface area (TPSA) is 46.5 Å². The first-order valence-electron chi connectivity index (χ1n) is 4.28. The quantitative estimate of drug-likeness (QED) is 0.904. The summed E-state index contributed by atoms with van der Waals surface area (Å²) >= 11 is 3.29. The molecule has 0 bridgehead atoms. The normalized spacial score (nSPS) is 12.1. The molecule has 0 saturated carbocycles. The summed E-state index contributed by atoms with van der Waals surface area (Å²) in [6, 6.07) is 7.08. The highest BCUT2D eigenvalue weighted by molar-refractivity contribution is 9.10. The third-order valence-electron chi connectivity index (χ3n) is 1.74. The van der Waals surface area contributed by atoms with Gasteiger partial charge in [0.05, 0.1) is 0 Å². The van der Waals surface area contributed by atoms with E-state index in [1.807, 2.05) is 12.1 Å². The summed E-state index contributed by atoms with van der Waals surface area (Å²) in [5, 5.41) is 8.75. The highest BCUT2D eigenvalue weighted by Gasteiger charge is 2.16. The van der Waals surface area contributed by atoms with Gasteiger partial charge in [-0.2, -0.15) is 0 Å². The Morgan fingerprint density at radius 2 is 2.07 bits per heavy atom. The molecule has 0 aliphatic heterocycles. The fourth-order valence-corrected chi connectivity index (χ4v) is 1.25. The molecule has 1 aromatic carbocycles. The lowest BCUT2D eigenvalue weighted by Gasteiger charge is -2.12. The average Bonchev–Trinajstić information content (AvgIpc) is 2.16. The highest BCUT2D eigenvalue weighted by Crippen LogP contribution is 2.17. The molecule has 0 heterocycles. The number of halogens is 1. The third kappa shape index (κ3) is 3.03. The Bertz CT molecular complexity index is 308. The Hall–Kier alpha value is -1.03. The number of ether oxygens (including phenoxy) is 1. The summed E-state index contributed by atoms with van der Waals surface area (Å²) < 4.78 is 6.20. The van der Waals surface area contributed by atoms with Crippen molar-refractivity contribution in [1.82, 2.24) is 0 Å². The lowest BCUT2D eigenvalue weighted by molar-refractivity contribution is -0.145. The van der Waals surface area contributed by atoms with E-state index in [2.05, 4.69) is 15.9 Å². The van der Waals surface area contributed by atoms with Gasteiger partial charge in [-0.3, -0.25) is 0 Å². The van der Waals surface area contributed by atoms with Crippen LogP contribution in [0.1, 0.15) is 13.3 Å². The van der Waals surface area contributed by atoms with E-state index in [9.17, 15) is 4.79 Å². The third-order valence-corrected chi connectivity index (χ3v) is 2.27.